The Kier molecular flexibility index (Phi) is 5.95. The van der Waals surface area contributed by atoms with Crippen LogP contribution in [0.25, 0.3) is 11.1 Å². The van der Waals surface area contributed by atoms with Crippen LogP contribution in [0.5, 0.6) is 11.5 Å². The van der Waals surface area contributed by atoms with Gasteiger partial charge in [0.05, 0.1) is 13.2 Å². The van der Waals surface area contributed by atoms with E-state index in [2.05, 4.69) is 0 Å². The van der Waals surface area contributed by atoms with Crippen LogP contribution in [0, 0.1) is 13.8 Å². The van der Waals surface area contributed by atoms with Crippen molar-refractivity contribution in [2.75, 3.05) is 6.61 Å². The second kappa shape index (κ2) is 8.38. The minimum Gasteiger partial charge on any atom is -0.508 e. The molecule has 8 nitrogen and oxygen atoms in total. The van der Waals surface area contributed by atoms with Crippen molar-refractivity contribution in [2.45, 2.75) is 64.0 Å². The number of hydrogen-bond acceptors (Lipinski definition) is 8. The third-order valence-electron chi connectivity index (χ3n) is 6.49. The minimum atomic E-state index is -1.53. The molecule has 5 unspecified atom stereocenters. The molecule has 6 N–H and O–H groups in total. The summed E-state index contributed by atoms with van der Waals surface area (Å²) in [5.74, 6) is 0.363. The molecule has 168 valence electrons. The summed E-state index contributed by atoms with van der Waals surface area (Å²) in [5, 5.41) is 60.1. The zero-order chi connectivity index (χ0) is 22.4. The molecule has 2 aliphatic rings. The number of phenolic OH excluding ortho intramolecular Hbond substituents is 2. The van der Waals surface area contributed by atoms with Crippen molar-refractivity contribution in [1.29, 1.82) is 0 Å². The summed E-state index contributed by atoms with van der Waals surface area (Å²) in [6.45, 7) is 3.14. The maximum Gasteiger partial charge on any atom is 0.187 e. The second-order valence-electron chi connectivity index (χ2n) is 8.28. The molecule has 5 atom stereocenters. The fraction of sp³-hybridized carbons (Fsp3) is 0.478. The molecule has 0 spiro atoms. The largest absolute Gasteiger partial charge is 0.508 e. The molecule has 0 aromatic heterocycles. The Morgan fingerprint density at radius 2 is 1.61 bits per heavy atom. The molecular weight excluding hydrogens is 404 g/mol. The molecule has 1 fully saturated rings. The lowest BCUT2D eigenvalue weighted by molar-refractivity contribution is -0.304. The van der Waals surface area contributed by atoms with Gasteiger partial charge in [-0.05, 0) is 77.8 Å². The first-order valence-corrected chi connectivity index (χ1v) is 10.3. The van der Waals surface area contributed by atoms with E-state index in [1.165, 1.54) is 0 Å². The predicted molar refractivity (Wildman–Crippen MR) is 111 cm³/mol. The topological polar surface area (TPSA) is 140 Å². The Labute approximate surface area is 179 Å². The van der Waals surface area contributed by atoms with Gasteiger partial charge in [-0.25, -0.2) is 0 Å². The average molecular weight is 432 g/mol. The molecule has 4 rings (SSSR count). The molecule has 0 bridgehead atoms. The summed E-state index contributed by atoms with van der Waals surface area (Å²) in [6.07, 6.45) is -5.38. The maximum absolute atomic E-state index is 10.5. The van der Waals surface area contributed by atoms with E-state index in [0.29, 0.717) is 12.0 Å². The average Bonchev–Trinajstić information content (AvgIpc) is 2.76. The molecule has 31 heavy (non-hydrogen) atoms. The van der Waals surface area contributed by atoms with Gasteiger partial charge in [0.25, 0.3) is 0 Å². The van der Waals surface area contributed by atoms with Crippen LogP contribution in [-0.4, -0.2) is 68.0 Å². The van der Waals surface area contributed by atoms with Gasteiger partial charge >= 0.3 is 0 Å². The SMILES string of the molecule is Cc1c(O)ccc2c1CCc1c(C)c(O)cc(COC3OC(CO)C(O)C(O)C3O)c1-2. The summed E-state index contributed by atoms with van der Waals surface area (Å²) in [7, 11) is 0. The molecule has 0 radical (unpaired) electrons. The van der Waals surface area contributed by atoms with Crippen LogP contribution in [0.4, 0.5) is 0 Å². The third-order valence-corrected chi connectivity index (χ3v) is 6.49. The van der Waals surface area contributed by atoms with Crippen LogP contribution in [0.15, 0.2) is 18.2 Å². The minimum absolute atomic E-state index is 0.0434. The number of hydrogen-bond donors (Lipinski definition) is 6. The lowest BCUT2D eigenvalue weighted by atomic mass is 9.79. The fourth-order valence-corrected chi connectivity index (χ4v) is 4.57. The van der Waals surface area contributed by atoms with E-state index >= 15 is 0 Å². The second-order valence-corrected chi connectivity index (χ2v) is 8.28. The van der Waals surface area contributed by atoms with Crippen molar-refractivity contribution < 1.29 is 40.1 Å². The molecule has 0 amide bonds. The zero-order valence-corrected chi connectivity index (χ0v) is 17.4. The molecular formula is C23H28O8. The van der Waals surface area contributed by atoms with Crippen molar-refractivity contribution in [3.63, 3.8) is 0 Å². The van der Waals surface area contributed by atoms with Crippen LogP contribution in [-0.2, 0) is 28.9 Å². The van der Waals surface area contributed by atoms with Crippen molar-refractivity contribution in [3.05, 3.63) is 46.0 Å². The van der Waals surface area contributed by atoms with Crippen LogP contribution < -0.4 is 0 Å². The van der Waals surface area contributed by atoms with E-state index in [1.807, 2.05) is 19.9 Å². The van der Waals surface area contributed by atoms with Crippen molar-refractivity contribution in [2.24, 2.45) is 0 Å². The van der Waals surface area contributed by atoms with Crippen molar-refractivity contribution in [3.8, 4) is 22.6 Å². The first-order chi connectivity index (χ1) is 14.7. The van der Waals surface area contributed by atoms with Crippen LogP contribution >= 0.6 is 0 Å². The lowest BCUT2D eigenvalue weighted by Crippen LogP contribution is -2.59. The summed E-state index contributed by atoms with van der Waals surface area (Å²) in [5.41, 5.74) is 6.15. The summed E-state index contributed by atoms with van der Waals surface area (Å²) < 4.78 is 11.2. The molecule has 1 aliphatic heterocycles. The highest BCUT2D eigenvalue weighted by Crippen LogP contribution is 2.43. The van der Waals surface area contributed by atoms with E-state index in [9.17, 15) is 30.6 Å². The third kappa shape index (κ3) is 3.69. The lowest BCUT2D eigenvalue weighted by Gasteiger charge is -2.39. The van der Waals surface area contributed by atoms with Crippen LogP contribution in [0.2, 0.25) is 0 Å². The molecule has 8 heteroatoms. The van der Waals surface area contributed by atoms with Gasteiger partial charge in [0.2, 0.25) is 0 Å². The number of phenols is 2. The van der Waals surface area contributed by atoms with Gasteiger partial charge < -0.3 is 40.1 Å². The summed E-state index contributed by atoms with van der Waals surface area (Å²) in [6, 6.07) is 5.10. The number of aliphatic hydroxyl groups excluding tert-OH is 4. The van der Waals surface area contributed by atoms with E-state index < -0.39 is 37.3 Å². The van der Waals surface area contributed by atoms with E-state index in [0.717, 1.165) is 39.8 Å². The molecule has 2 aromatic rings. The van der Waals surface area contributed by atoms with E-state index in [1.54, 1.807) is 12.1 Å². The smallest absolute Gasteiger partial charge is 0.187 e. The van der Waals surface area contributed by atoms with Gasteiger partial charge in [0, 0.05) is 0 Å². The van der Waals surface area contributed by atoms with Gasteiger partial charge in [-0.15, -0.1) is 0 Å². The molecule has 1 heterocycles. The summed E-state index contributed by atoms with van der Waals surface area (Å²) in [4.78, 5) is 0. The summed E-state index contributed by atoms with van der Waals surface area (Å²) >= 11 is 0. The fourth-order valence-electron chi connectivity index (χ4n) is 4.57. The van der Waals surface area contributed by atoms with E-state index in [-0.39, 0.29) is 18.1 Å². The number of fused-ring (bicyclic) bond motifs is 3. The number of benzene rings is 2. The van der Waals surface area contributed by atoms with Gasteiger partial charge in [-0.3, -0.25) is 0 Å². The first kappa shape index (κ1) is 22.0. The standard InChI is InChI=1S/C23H28O8/c1-10-13-3-4-14-11(2)17(26)7-12(19(14)15(13)5-6-16(10)25)9-30-23-22(29)21(28)20(27)18(8-24)31-23/h5-7,18,20-29H,3-4,8-9H2,1-2H3. The first-order valence-electron chi connectivity index (χ1n) is 10.3. The predicted octanol–water partition coefficient (Wildman–Crippen LogP) is 0.797. The van der Waals surface area contributed by atoms with Gasteiger partial charge in [-0.2, -0.15) is 0 Å². The Morgan fingerprint density at radius 3 is 2.32 bits per heavy atom. The van der Waals surface area contributed by atoms with Gasteiger partial charge in [0.1, 0.15) is 35.9 Å². The zero-order valence-electron chi connectivity index (χ0n) is 17.4. The number of aromatic hydroxyl groups is 2. The number of rotatable bonds is 4. The monoisotopic (exact) mass is 432 g/mol. The number of aliphatic hydroxyl groups is 4. The normalized spacial score (nSPS) is 27.6. The van der Waals surface area contributed by atoms with Crippen LogP contribution in [0.1, 0.15) is 27.8 Å². The molecule has 1 aliphatic carbocycles. The van der Waals surface area contributed by atoms with Crippen molar-refractivity contribution >= 4 is 0 Å². The Bertz CT molecular complexity index is 986. The van der Waals surface area contributed by atoms with Crippen LogP contribution in [0.3, 0.4) is 0 Å². The van der Waals surface area contributed by atoms with E-state index in [4.69, 9.17) is 9.47 Å². The quantitative estimate of drug-likeness (QED) is 0.417. The maximum atomic E-state index is 10.5. The Morgan fingerprint density at radius 1 is 0.935 bits per heavy atom. The van der Waals surface area contributed by atoms with Crippen molar-refractivity contribution in [1.82, 2.24) is 0 Å². The van der Waals surface area contributed by atoms with Gasteiger partial charge in [-0.1, -0.05) is 6.07 Å². The highest BCUT2D eigenvalue weighted by Gasteiger charge is 2.44. The molecule has 1 saturated heterocycles. The molecule has 2 aromatic carbocycles. The number of ether oxygens (including phenoxy) is 2. The Hall–Kier alpha value is -2.20. The highest BCUT2D eigenvalue weighted by molar-refractivity contribution is 5.80. The Balaban J connectivity index is 1.69. The highest BCUT2D eigenvalue weighted by atomic mass is 16.7. The molecule has 0 saturated carbocycles. The van der Waals surface area contributed by atoms with Gasteiger partial charge in [0.15, 0.2) is 6.29 Å².